The molecule has 1 aromatic rings. The molecule has 1 aliphatic heterocycles. The first kappa shape index (κ1) is 22.7. The number of hydrogen-bond donors (Lipinski definition) is 1. The summed E-state index contributed by atoms with van der Waals surface area (Å²) in [5.41, 5.74) is 5.09. The van der Waals surface area contributed by atoms with Gasteiger partial charge in [0.2, 0.25) is 0 Å². The number of hydrogen-bond acceptors (Lipinski definition) is 5. The summed E-state index contributed by atoms with van der Waals surface area (Å²) in [6.07, 6.45) is 1.66. The van der Waals surface area contributed by atoms with Crippen LogP contribution in [0.15, 0.2) is 12.1 Å². The third kappa shape index (κ3) is 4.54. The molecule has 0 atom stereocenters. The van der Waals surface area contributed by atoms with Gasteiger partial charge >= 0.3 is 11.8 Å². The monoisotopic (exact) mass is 424 g/mol. The van der Waals surface area contributed by atoms with Crippen LogP contribution in [0.3, 0.4) is 0 Å². The SMILES string of the molecule is CC#Cc1cc(C)c(C2C(=O)CC3(CCN(C(=O)C(=O)NOC)CC3)CC2=O)c(C)c1. The summed E-state index contributed by atoms with van der Waals surface area (Å²) in [5, 5.41) is 0. The third-order valence-corrected chi connectivity index (χ3v) is 6.39. The van der Waals surface area contributed by atoms with E-state index in [0.717, 1.165) is 22.3 Å². The number of carbonyl (C=O) groups excluding carboxylic acids is 4. The topological polar surface area (TPSA) is 92.8 Å². The molecule has 0 aromatic heterocycles. The van der Waals surface area contributed by atoms with Crippen molar-refractivity contribution in [1.29, 1.82) is 0 Å². The Morgan fingerprint density at radius 1 is 1.10 bits per heavy atom. The number of ketones is 2. The number of amides is 2. The minimum atomic E-state index is -0.823. The number of Topliss-reactive ketones (excluding diaryl/α,β-unsaturated/α-hetero) is 2. The van der Waals surface area contributed by atoms with Crippen molar-refractivity contribution in [2.75, 3.05) is 20.2 Å². The van der Waals surface area contributed by atoms with E-state index < -0.39 is 23.1 Å². The van der Waals surface area contributed by atoms with Crippen LogP contribution in [0, 0.1) is 31.1 Å². The Morgan fingerprint density at radius 2 is 1.65 bits per heavy atom. The van der Waals surface area contributed by atoms with Gasteiger partial charge in [0.25, 0.3) is 0 Å². The average molecular weight is 424 g/mol. The zero-order chi connectivity index (χ0) is 22.8. The number of nitrogens with zero attached hydrogens (tertiary/aromatic N) is 1. The van der Waals surface area contributed by atoms with Gasteiger partial charge in [0.1, 0.15) is 17.5 Å². The summed E-state index contributed by atoms with van der Waals surface area (Å²) in [5.74, 6) is 3.56. The zero-order valence-corrected chi connectivity index (χ0v) is 18.5. The van der Waals surface area contributed by atoms with E-state index in [1.54, 1.807) is 6.92 Å². The van der Waals surface area contributed by atoms with Gasteiger partial charge in [-0.15, -0.1) is 5.92 Å². The minimum absolute atomic E-state index is 0.0614. The number of carbonyl (C=O) groups is 4. The Bertz CT molecular complexity index is 950. The van der Waals surface area contributed by atoms with Crippen LogP contribution in [-0.4, -0.2) is 48.5 Å². The fraction of sp³-hybridized carbons (Fsp3) is 0.500. The zero-order valence-electron chi connectivity index (χ0n) is 18.5. The number of rotatable bonds is 2. The summed E-state index contributed by atoms with van der Waals surface area (Å²) in [6, 6.07) is 3.86. The van der Waals surface area contributed by atoms with Gasteiger partial charge in [-0.05, 0) is 67.9 Å². The van der Waals surface area contributed by atoms with Crippen LogP contribution in [-0.2, 0) is 24.0 Å². The van der Waals surface area contributed by atoms with Gasteiger partial charge in [-0.2, -0.15) is 0 Å². The fourth-order valence-electron chi connectivity index (χ4n) is 4.97. The molecule has 1 heterocycles. The van der Waals surface area contributed by atoms with E-state index in [2.05, 4.69) is 16.7 Å². The molecule has 0 unspecified atom stereocenters. The molecule has 1 aliphatic carbocycles. The molecule has 0 bridgehead atoms. The molecule has 1 saturated carbocycles. The van der Waals surface area contributed by atoms with Crippen molar-refractivity contribution in [3.8, 4) is 11.8 Å². The van der Waals surface area contributed by atoms with Crippen molar-refractivity contribution in [2.24, 2.45) is 5.41 Å². The van der Waals surface area contributed by atoms with E-state index in [4.69, 9.17) is 0 Å². The van der Waals surface area contributed by atoms with E-state index in [9.17, 15) is 19.2 Å². The summed E-state index contributed by atoms with van der Waals surface area (Å²) in [4.78, 5) is 56.2. The van der Waals surface area contributed by atoms with E-state index >= 15 is 0 Å². The largest absolute Gasteiger partial charge is 0.334 e. The van der Waals surface area contributed by atoms with Crippen LogP contribution in [0.2, 0.25) is 0 Å². The van der Waals surface area contributed by atoms with E-state index in [1.807, 2.05) is 31.5 Å². The maximum absolute atomic E-state index is 13.2. The second-order valence-corrected chi connectivity index (χ2v) is 8.55. The highest BCUT2D eigenvalue weighted by Crippen LogP contribution is 2.46. The van der Waals surface area contributed by atoms with Crippen LogP contribution in [0.4, 0.5) is 0 Å². The lowest BCUT2D eigenvalue weighted by molar-refractivity contribution is -0.153. The summed E-state index contributed by atoms with van der Waals surface area (Å²) in [7, 11) is 1.26. The first-order chi connectivity index (χ1) is 14.7. The molecule has 0 radical (unpaired) electrons. The van der Waals surface area contributed by atoms with Gasteiger partial charge in [-0.25, -0.2) is 5.48 Å². The number of aryl methyl sites for hydroxylation is 2. The average Bonchev–Trinajstić information content (AvgIpc) is 2.70. The van der Waals surface area contributed by atoms with Crippen molar-refractivity contribution in [3.63, 3.8) is 0 Å². The second kappa shape index (κ2) is 9.03. The van der Waals surface area contributed by atoms with Crippen LogP contribution < -0.4 is 5.48 Å². The molecule has 31 heavy (non-hydrogen) atoms. The summed E-state index contributed by atoms with van der Waals surface area (Å²) >= 11 is 0. The van der Waals surface area contributed by atoms with Crippen molar-refractivity contribution in [1.82, 2.24) is 10.4 Å². The standard InChI is InChI=1S/C24H28N2O5/c1-5-6-17-11-15(2)20(16(3)12-17)21-18(27)13-24(14-19(21)28)7-9-26(10-8-24)23(30)22(29)25-31-4/h11-12,21H,7-10,13-14H2,1-4H3,(H,25,29). The smallest absolute Gasteiger partial charge is 0.333 e. The molecule has 1 aromatic carbocycles. The Morgan fingerprint density at radius 3 is 2.13 bits per heavy atom. The molecule has 1 N–H and O–H groups in total. The number of benzene rings is 1. The Labute approximate surface area is 182 Å². The highest BCUT2D eigenvalue weighted by atomic mass is 16.6. The first-order valence-electron chi connectivity index (χ1n) is 10.4. The molecule has 2 amide bonds. The number of likely N-dealkylation sites (tertiary alicyclic amines) is 1. The molecule has 7 heteroatoms. The first-order valence-corrected chi connectivity index (χ1v) is 10.4. The highest BCUT2D eigenvalue weighted by molar-refractivity contribution is 6.34. The molecule has 3 rings (SSSR count). The molecular formula is C24H28N2O5. The van der Waals surface area contributed by atoms with E-state index in [0.29, 0.717) is 38.8 Å². The Balaban J connectivity index is 1.75. The van der Waals surface area contributed by atoms with Gasteiger partial charge in [0.05, 0.1) is 7.11 Å². The van der Waals surface area contributed by atoms with E-state index in [1.165, 1.54) is 12.0 Å². The van der Waals surface area contributed by atoms with Crippen molar-refractivity contribution in [2.45, 2.75) is 52.4 Å². The Kier molecular flexibility index (Phi) is 6.61. The predicted molar refractivity (Wildman–Crippen MR) is 114 cm³/mol. The van der Waals surface area contributed by atoms with Gasteiger partial charge in [-0.3, -0.25) is 24.0 Å². The van der Waals surface area contributed by atoms with Crippen LogP contribution >= 0.6 is 0 Å². The lowest BCUT2D eigenvalue weighted by atomic mass is 9.62. The minimum Gasteiger partial charge on any atom is -0.334 e. The Hall–Kier alpha value is -2.98. The molecule has 2 fully saturated rings. The molecule has 1 spiro atoms. The normalized spacial score (nSPS) is 18.5. The van der Waals surface area contributed by atoms with Crippen LogP contribution in [0.25, 0.3) is 0 Å². The lowest BCUT2D eigenvalue weighted by Gasteiger charge is -2.44. The molecule has 2 aliphatic rings. The number of piperidine rings is 1. The second-order valence-electron chi connectivity index (χ2n) is 8.55. The quantitative estimate of drug-likeness (QED) is 0.339. The van der Waals surface area contributed by atoms with Crippen LogP contribution in [0.1, 0.15) is 60.8 Å². The molecular weight excluding hydrogens is 396 g/mol. The molecule has 1 saturated heterocycles. The third-order valence-electron chi connectivity index (χ3n) is 6.39. The maximum atomic E-state index is 13.2. The predicted octanol–water partition coefficient (Wildman–Crippen LogP) is 1.98. The van der Waals surface area contributed by atoms with Crippen molar-refractivity contribution in [3.05, 3.63) is 34.4 Å². The summed E-state index contributed by atoms with van der Waals surface area (Å²) in [6.45, 7) is 6.29. The van der Waals surface area contributed by atoms with Crippen molar-refractivity contribution < 1.29 is 24.0 Å². The highest BCUT2D eigenvalue weighted by Gasteiger charge is 2.48. The lowest BCUT2D eigenvalue weighted by Crippen LogP contribution is -2.51. The fourth-order valence-corrected chi connectivity index (χ4v) is 4.97. The number of hydroxylamine groups is 1. The van der Waals surface area contributed by atoms with Gasteiger partial charge in [-0.1, -0.05) is 5.92 Å². The summed E-state index contributed by atoms with van der Waals surface area (Å²) < 4.78 is 0. The number of nitrogens with one attached hydrogen (secondary N) is 1. The molecule has 7 nitrogen and oxygen atoms in total. The van der Waals surface area contributed by atoms with E-state index in [-0.39, 0.29) is 11.6 Å². The molecule has 164 valence electrons. The van der Waals surface area contributed by atoms with Gasteiger partial charge < -0.3 is 4.90 Å². The van der Waals surface area contributed by atoms with Crippen LogP contribution in [0.5, 0.6) is 0 Å². The van der Waals surface area contributed by atoms with Crippen molar-refractivity contribution >= 4 is 23.4 Å². The maximum Gasteiger partial charge on any atom is 0.333 e. The van der Waals surface area contributed by atoms with Gasteiger partial charge in [0, 0.05) is 31.5 Å². The van der Waals surface area contributed by atoms with Gasteiger partial charge in [0.15, 0.2) is 0 Å².